The van der Waals surface area contributed by atoms with Gasteiger partial charge >= 0.3 is 0 Å². The first kappa shape index (κ1) is 17.7. The Morgan fingerprint density at radius 2 is 1.35 bits per heavy atom. The summed E-state index contributed by atoms with van der Waals surface area (Å²) in [5, 5.41) is 0. The van der Waals surface area contributed by atoms with E-state index >= 15 is 0 Å². The standard InChI is InChI=1S/C21H30N2/c1-19(23(3)17-15-20-10-6-4-7-11-20)14-16-22(2)18-21-12-8-5-9-13-21/h4-13,19H,14-18H2,1-3H3. The zero-order chi connectivity index (χ0) is 16.5. The van der Waals surface area contributed by atoms with Crippen LogP contribution in [0.15, 0.2) is 60.7 Å². The molecule has 1 atom stereocenters. The fraction of sp³-hybridized carbons (Fsp3) is 0.429. The summed E-state index contributed by atoms with van der Waals surface area (Å²) in [5.74, 6) is 0. The highest BCUT2D eigenvalue weighted by Crippen LogP contribution is 2.08. The minimum absolute atomic E-state index is 0.608. The topological polar surface area (TPSA) is 6.48 Å². The van der Waals surface area contributed by atoms with E-state index < -0.39 is 0 Å². The van der Waals surface area contributed by atoms with Gasteiger partial charge in [0.15, 0.2) is 0 Å². The minimum Gasteiger partial charge on any atom is -0.303 e. The lowest BCUT2D eigenvalue weighted by molar-refractivity contribution is 0.217. The lowest BCUT2D eigenvalue weighted by Gasteiger charge is -2.27. The highest BCUT2D eigenvalue weighted by atomic mass is 15.1. The van der Waals surface area contributed by atoms with Crippen molar-refractivity contribution in [2.75, 3.05) is 27.2 Å². The molecule has 0 bridgehead atoms. The molecule has 0 fully saturated rings. The molecule has 1 unspecified atom stereocenters. The normalized spacial score (nSPS) is 12.7. The van der Waals surface area contributed by atoms with E-state index in [2.05, 4.69) is 91.5 Å². The molecule has 0 saturated carbocycles. The molecular formula is C21H30N2. The SMILES string of the molecule is CC(CCN(C)Cc1ccccc1)N(C)CCc1ccccc1. The van der Waals surface area contributed by atoms with Crippen LogP contribution >= 0.6 is 0 Å². The van der Waals surface area contributed by atoms with Gasteiger partial charge in [-0.2, -0.15) is 0 Å². The van der Waals surface area contributed by atoms with Crippen molar-refractivity contribution in [3.05, 3.63) is 71.8 Å². The molecule has 2 aromatic carbocycles. The summed E-state index contributed by atoms with van der Waals surface area (Å²) < 4.78 is 0. The molecule has 124 valence electrons. The Balaban J connectivity index is 1.68. The molecule has 0 saturated heterocycles. The molecule has 2 nitrogen and oxygen atoms in total. The molecule has 0 aliphatic carbocycles. The zero-order valence-corrected chi connectivity index (χ0v) is 14.8. The molecule has 2 aromatic rings. The van der Waals surface area contributed by atoms with Crippen LogP contribution in [0.3, 0.4) is 0 Å². The number of rotatable bonds is 9. The first-order valence-electron chi connectivity index (χ1n) is 8.62. The molecule has 0 spiro atoms. The summed E-state index contributed by atoms with van der Waals surface area (Å²) in [6.07, 6.45) is 2.33. The quantitative estimate of drug-likeness (QED) is 0.689. The number of hydrogen-bond donors (Lipinski definition) is 0. The predicted molar refractivity (Wildman–Crippen MR) is 99.6 cm³/mol. The molecule has 2 rings (SSSR count). The molecule has 23 heavy (non-hydrogen) atoms. The summed E-state index contributed by atoms with van der Waals surface area (Å²) in [6, 6.07) is 22.1. The maximum Gasteiger partial charge on any atom is 0.0230 e. The van der Waals surface area contributed by atoms with E-state index in [4.69, 9.17) is 0 Å². The van der Waals surface area contributed by atoms with E-state index in [1.165, 1.54) is 17.5 Å². The summed E-state index contributed by atoms with van der Waals surface area (Å²) >= 11 is 0. The van der Waals surface area contributed by atoms with Crippen LogP contribution in [0.4, 0.5) is 0 Å². The maximum atomic E-state index is 2.48. The highest BCUT2D eigenvalue weighted by Gasteiger charge is 2.10. The van der Waals surface area contributed by atoms with Gasteiger partial charge in [0.1, 0.15) is 0 Å². The Morgan fingerprint density at radius 1 is 0.783 bits per heavy atom. The average Bonchev–Trinajstić information content (AvgIpc) is 2.59. The molecule has 0 amide bonds. The van der Waals surface area contributed by atoms with Gasteiger partial charge in [-0.25, -0.2) is 0 Å². The lowest BCUT2D eigenvalue weighted by atomic mass is 10.1. The smallest absolute Gasteiger partial charge is 0.0230 e. The Kier molecular flexibility index (Phi) is 7.31. The fourth-order valence-corrected chi connectivity index (χ4v) is 2.77. The van der Waals surface area contributed by atoms with Crippen molar-refractivity contribution in [3.8, 4) is 0 Å². The van der Waals surface area contributed by atoms with E-state index in [0.29, 0.717) is 6.04 Å². The van der Waals surface area contributed by atoms with Crippen LogP contribution in [0.2, 0.25) is 0 Å². The molecular weight excluding hydrogens is 280 g/mol. The molecule has 2 heteroatoms. The fourth-order valence-electron chi connectivity index (χ4n) is 2.77. The highest BCUT2D eigenvalue weighted by molar-refractivity contribution is 5.15. The van der Waals surface area contributed by atoms with Crippen LogP contribution < -0.4 is 0 Å². The third-order valence-electron chi connectivity index (χ3n) is 4.57. The second-order valence-corrected chi connectivity index (χ2v) is 6.58. The Bertz CT molecular complexity index is 538. The molecule has 0 heterocycles. The number of nitrogens with zero attached hydrogens (tertiary/aromatic N) is 2. The molecule has 0 aliphatic rings. The van der Waals surface area contributed by atoms with E-state index in [1.807, 2.05) is 0 Å². The van der Waals surface area contributed by atoms with Crippen molar-refractivity contribution >= 4 is 0 Å². The second kappa shape index (κ2) is 9.49. The average molecular weight is 310 g/mol. The van der Waals surface area contributed by atoms with Crippen molar-refractivity contribution in [2.45, 2.75) is 32.4 Å². The summed E-state index contributed by atoms with van der Waals surface area (Å²) in [7, 11) is 4.45. The Morgan fingerprint density at radius 3 is 1.96 bits per heavy atom. The van der Waals surface area contributed by atoms with Crippen LogP contribution in [0.25, 0.3) is 0 Å². The van der Waals surface area contributed by atoms with Gasteiger partial charge in [-0.1, -0.05) is 60.7 Å². The van der Waals surface area contributed by atoms with E-state index in [0.717, 1.165) is 26.1 Å². The molecule has 0 radical (unpaired) electrons. The number of hydrogen-bond acceptors (Lipinski definition) is 2. The van der Waals surface area contributed by atoms with Gasteiger partial charge in [-0.15, -0.1) is 0 Å². The third-order valence-corrected chi connectivity index (χ3v) is 4.57. The predicted octanol–water partition coefficient (Wildman–Crippen LogP) is 4.07. The second-order valence-electron chi connectivity index (χ2n) is 6.58. The van der Waals surface area contributed by atoms with Gasteiger partial charge in [0, 0.05) is 19.1 Å². The number of benzene rings is 2. The van der Waals surface area contributed by atoms with Crippen molar-refractivity contribution in [3.63, 3.8) is 0 Å². The first-order chi connectivity index (χ1) is 11.1. The number of likely N-dealkylation sites (N-methyl/N-ethyl adjacent to an activating group) is 1. The van der Waals surface area contributed by atoms with Crippen LogP contribution in [0.5, 0.6) is 0 Å². The molecule has 0 N–H and O–H groups in total. The van der Waals surface area contributed by atoms with Crippen molar-refractivity contribution in [1.29, 1.82) is 0 Å². The summed E-state index contributed by atoms with van der Waals surface area (Å²) in [5.41, 5.74) is 2.81. The van der Waals surface area contributed by atoms with Gasteiger partial charge in [0.2, 0.25) is 0 Å². The summed E-state index contributed by atoms with van der Waals surface area (Å²) in [6.45, 7) is 5.61. The van der Waals surface area contributed by atoms with Gasteiger partial charge in [0.05, 0.1) is 0 Å². The third kappa shape index (κ3) is 6.55. The minimum atomic E-state index is 0.608. The van der Waals surface area contributed by atoms with Crippen LogP contribution in [-0.2, 0) is 13.0 Å². The van der Waals surface area contributed by atoms with Crippen LogP contribution in [0, 0.1) is 0 Å². The van der Waals surface area contributed by atoms with Crippen LogP contribution in [0.1, 0.15) is 24.5 Å². The van der Waals surface area contributed by atoms with E-state index in [9.17, 15) is 0 Å². The van der Waals surface area contributed by atoms with Gasteiger partial charge in [-0.3, -0.25) is 0 Å². The van der Waals surface area contributed by atoms with Crippen molar-refractivity contribution in [1.82, 2.24) is 9.80 Å². The van der Waals surface area contributed by atoms with Gasteiger partial charge in [0.25, 0.3) is 0 Å². The zero-order valence-electron chi connectivity index (χ0n) is 14.8. The van der Waals surface area contributed by atoms with E-state index in [-0.39, 0.29) is 0 Å². The van der Waals surface area contributed by atoms with Crippen molar-refractivity contribution < 1.29 is 0 Å². The maximum absolute atomic E-state index is 2.48. The lowest BCUT2D eigenvalue weighted by Crippen LogP contribution is -2.34. The van der Waals surface area contributed by atoms with Gasteiger partial charge in [-0.05, 0) is 51.5 Å². The Labute approximate surface area is 141 Å². The molecule has 0 aliphatic heterocycles. The Hall–Kier alpha value is -1.64. The van der Waals surface area contributed by atoms with Gasteiger partial charge < -0.3 is 9.80 Å². The largest absolute Gasteiger partial charge is 0.303 e. The van der Waals surface area contributed by atoms with Crippen LogP contribution in [-0.4, -0.2) is 43.0 Å². The summed E-state index contributed by atoms with van der Waals surface area (Å²) in [4.78, 5) is 4.89. The first-order valence-corrected chi connectivity index (χ1v) is 8.62. The monoisotopic (exact) mass is 310 g/mol. The molecule has 0 aromatic heterocycles. The van der Waals surface area contributed by atoms with Crippen molar-refractivity contribution in [2.24, 2.45) is 0 Å². The van der Waals surface area contributed by atoms with E-state index in [1.54, 1.807) is 0 Å².